The largest absolute Gasteiger partial charge is 0.423 e. The topological polar surface area (TPSA) is 58.5 Å². The van der Waals surface area contributed by atoms with Crippen LogP contribution in [0, 0.1) is 0 Å². The Morgan fingerprint density at radius 1 is 1.37 bits per heavy atom. The van der Waals surface area contributed by atoms with Gasteiger partial charge in [-0.05, 0) is 40.1 Å². The van der Waals surface area contributed by atoms with Gasteiger partial charge in [-0.3, -0.25) is 0 Å². The van der Waals surface area contributed by atoms with Gasteiger partial charge in [0.1, 0.15) is 5.52 Å². The second kappa shape index (κ2) is 5.48. The number of hydrogen-bond donors (Lipinski definition) is 1. The van der Waals surface area contributed by atoms with Crippen LogP contribution in [-0.2, 0) is 0 Å². The van der Waals surface area contributed by atoms with Crippen molar-refractivity contribution in [2.24, 2.45) is 0 Å². The number of rotatable bonds is 5. The zero-order valence-electron chi connectivity index (χ0n) is 12.1. The number of aromatic nitrogens is 1. The van der Waals surface area contributed by atoms with Gasteiger partial charge < -0.3 is 20.0 Å². The van der Waals surface area contributed by atoms with E-state index in [2.05, 4.69) is 42.7 Å². The van der Waals surface area contributed by atoms with E-state index < -0.39 is 0 Å². The highest BCUT2D eigenvalue weighted by Gasteiger charge is 2.19. The molecule has 1 aromatic carbocycles. The summed E-state index contributed by atoms with van der Waals surface area (Å²) in [6, 6.07) is 6.55. The molecule has 0 bridgehead atoms. The third kappa shape index (κ3) is 2.98. The lowest BCUT2D eigenvalue weighted by Crippen LogP contribution is -2.40. The van der Waals surface area contributed by atoms with Gasteiger partial charge in [-0.1, -0.05) is 0 Å². The van der Waals surface area contributed by atoms with Crippen molar-refractivity contribution >= 4 is 22.8 Å². The van der Waals surface area contributed by atoms with Crippen LogP contribution < -0.4 is 10.6 Å². The summed E-state index contributed by atoms with van der Waals surface area (Å²) < 4.78 is 5.82. The highest BCUT2D eigenvalue weighted by atomic mass is 16.4. The van der Waals surface area contributed by atoms with Crippen LogP contribution >= 0.6 is 0 Å². The molecule has 2 aromatic rings. The number of oxazole rings is 1. The number of likely N-dealkylation sites (N-methyl/N-ethyl adjacent to an activating group) is 2. The van der Waals surface area contributed by atoms with Crippen LogP contribution in [0.4, 0.5) is 11.7 Å². The molecule has 2 rings (SSSR count). The molecule has 1 heterocycles. The van der Waals surface area contributed by atoms with Gasteiger partial charge in [0.05, 0.1) is 0 Å². The lowest BCUT2D eigenvalue weighted by atomic mass is 10.3. The van der Waals surface area contributed by atoms with Crippen molar-refractivity contribution in [3.63, 3.8) is 0 Å². The normalized spacial score (nSPS) is 13.1. The van der Waals surface area contributed by atoms with Crippen LogP contribution in [0.15, 0.2) is 22.6 Å². The molecular weight excluding hydrogens is 240 g/mol. The summed E-state index contributed by atoms with van der Waals surface area (Å²) in [7, 11) is 4.13. The summed E-state index contributed by atoms with van der Waals surface area (Å²) in [6.07, 6.45) is 0. The van der Waals surface area contributed by atoms with Gasteiger partial charge >= 0.3 is 0 Å². The van der Waals surface area contributed by atoms with Crippen molar-refractivity contribution in [3.8, 4) is 0 Å². The quantitative estimate of drug-likeness (QED) is 0.837. The van der Waals surface area contributed by atoms with Gasteiger partial charge in [0, 0.05) is 30.9 Å². The predicted molar refractivity (Wildman–Crippen MR) is 79.5 cm³/mol. The first-order chi connectivity index (χ1) is 9.01. The van der Waals surface area contributed by atoms with Gasteiger partial charge in [-0.25, -0.2) is 0 Å². The average molecular weight is 262 g/mol. The third-order valence-electron chi connectivity index (χ3n) is 3.15. The molecule has 5 heteroatoms. The minimum Gasteiger partial charge on any atom is -0.423 e. The molecule has 0 aliphatic heterocycles. The first-order valence-electron chi connectivity index (χ1n) is 6.58. The molecule has 1 atom stereocenters. The van der Waals surface area contributed by atoms with Gasteiger partial charge in [-0.15, -0.1) is 0 Å². The van der Waals surface area contributed by atoms with Crippen molar-refractivity contribution in [2.45, 2.75) is 19.9 Å². The van der Waals surface area contributed by atoms with Crippen LogP contribution in [0.5, 0.6) is 0 Å². The van der Waals surface area contributed by atoms with E-state index in [9.17, 15) is 0 Å². The molecular formula is C14H22N4O. The molecule has 0 aliphatic carbocycles. The molecule has 2 N–H and O–H groups in total. The van der Waals surface area contributed by atoms with Gasteiger partial charge in [0.15, 0.2) is 5.58 Å². The molecule has 1 unspecified atom stereocenters. The summed E-state index contributed by atoms with van der Waals surface area (Å²) in [5, 5.41) is 0. The molecule has 104 valence electrons. The van der Waals surface area contributed by atoms with Crippen LogP contribution in [0.1, 0.15) is 13.8 Å². The number of fused-ring (bicyclic) bond motifs is 1. The number of nitrogens with two attached hydrogens (primary N) is 1. The molecule has 0 saturated heterocycles. The van der Waals surface area contributed by atoms with E-state index >= 15 is 0 Å². The molecule has 0 spiro atoms. The van der Waals surface area contributed by atoms with Crippen LogP contribution in [-0.4, -0.2) is 43.1 Å². The Morgan fingerprint density at radius 2 is 2.11 bits per heavy atom. The monoisotopic (exact) mass is 262 g/mol. The standard InChI is InChI=1S/C14H22N4O/c1-5-18(10(2)9-17(3)4)14-16-12-7-6-11(15)8-13(12)19-14/h6-8,10H,5,9,15H2,1-4H3. The number of nitrogens with zero attached hydrogens (tertiary/aromatic N) is 3. The number of hydrogen-bond acceptors (Lipinski definition) is 5. The molecule has 0 saturated carbocycles. The van der Waals surface area contributed by atoms with E-state index in [1.807, 2.05) is 18.2 Å². The Balaban J connectivity index is 2.30. The maximum absolute atomic E-state index is 5.82. The smallest absolute Gasteiger partial charge is 0.298 e. The van der Waals surface area contributed by atoms with Crippen LogP contribution in [0.25, 0.3) is 11.1 Å². The van der Waals surface area contributed by atoms with Crippen molar-refractivity contribution < 1.29 is 4.42 Å². The molecule has 1 aromatic heterocycles. The molecule has 0 amide bonds. The van der Waals surface area contributed by atoms with Gasteiger partial charge in [-0.2, -0.15) is 4.98 Å². The number of nitrogen functional groups attached to an aromatic ring is 1. The van der Waals surface area contributed by atoms with E-state index in [-0.39, 0.29) is 0 Å². The highest BCUT2D eigenvalue weighted by molar-refractivity contribution is 5.78. The maximum atomic E-state index is 5.82. The fourth-order valence-electron chi connectivity index (χ4n) is 2.31. The van der Waals surface area contributed by atoms with E-state index in [0.29, 0.717) is 17.7 Å². The molecule has 0 radical (unpaired) electrons. The zero-order chi connectivity index (χ0) is 14.0. The van der Waals surface area contributed by atoms with Gasteiger partial charge in [0.25, 0.3) is 6.01 Å². The van der Waals surface area contributed by atoms with Crippen molar-refractivity contribution in [1.29, 1.82) is 0 Å². The lowest BCUT2D eigenvalue weighted by Gasteiger charge is -2.28. The zero-order valence-corrected chi connectivity index (χ0v) is 12.1. The van der Waals surface area contributed by atoms with Crippen LogP contribution in [0.3, 0.4) is 0 Å². The van der Waals surface area contributed by atoms with Gasteiger partial charge in [0.2, 0.25) is 0 Å². The fourth-order valence-corrected chi connectivity index (χ4v) is 2.31. The second-order valence-electron chi connectivity index (χ2n) is 5.12. The van der Waals surface area contributed by atoms with E-state index in [1.165, 1.54) is 0 Å². The lowest BCUT2D eigenvalue weighted by molar-refractivity contribution is 0.365. The predicted octanol–water partition coefficient (Wildman–Crippen LogP) is 2.19. The molecule has 0 fully saturated rings. The number of benzene rings is 1. The van der Waals surface area contributed by atoms with Crippen molar-refractivity contribution in [2.75, 3.05) is 37.8 Å². The summed E-state index contributed by atoms with van der Waals surface area (Å²) in [6.45, 7) is 6.09. The summed E-state index contributed by atoms with van der Waals surface area (Å²) >= 11 is 0. The summed E-state index contributed by atoms with van der Waals surface area (Å²) in [4.78, 5) is 8.86. The van der Waals surface area contributed by atoms with Crippen molar-refractivity contribution in [1.82, 2.24) is 9.88 Å². The van der Waals surface area contributed by atoms with E-state index in [0.717, 1.165) is 24.2 Å². The average Bonchev–Trinajstić information content (AvgIpc) is 2.71. The molecule has 19 heavy (non-hydrogen) atoms. The Labute approximate surface area is 114 Å². The SMILES string of the molecule is CCN(c1nc2ccc(N)cc2o1)C(C)CN(C)C. The summed E-state index contributed by atoms with van der Waals surface area (Å²) in [5.74, 6) is 0. The van der Waals surface area contributed by atoms with E-state index in [1.54, 1.807) is 0 Å². The van der Waals surface area contributed by atoms with Crippen LogP contribution in [0.2, 0.25) is 0 Å². The minimum absolute atomic E-state index is 0.338. The Morgan fingerprint density at radius 3 is 2.74 bits per heavy atom. The number of anilines is 2. The first-order valence-corrected chi connectivity index (χ1v) is 6.58. The first kappa shape index (κ1) is 13.7. The van der Waals surface area contributed by atoms with Crippen molar-refractivity contribution in [3.05, 3.63) is 18.2 Å². The Bertz CT molecular complexity index is 549. The molecule has 0 aliphatic rings. The summed E-state index contributed by atoms with van der Waals surface area (Å²) in [5.41, 5.74) is 8.04. The minimum atomic E-state index is 0.338. The second-order valence-corrected chi connectivity index (χ2v) is 5.12. The third-order valence-corrected chi connectivity index (χ3v) is 3.15. The maximum Gasteiger partial charge on any atom is 0.298 e. The molecule has 5 nitrogen and oxygen atoms in total. The Kier molecular flexibility index (Phi) is 3.95. The Hall–Kier alpha value is -1.75. The van der Waals surface area contributed by atoms with E-state index in [4.69, 9.17) is 10.2 Å². The fraction of sp³-hybridized carbons (Fsp3) is 0.500. The highest BCUT2D eigenvalue weighted by Crippen LogP contribution is 2.24.